The molecule has 2 rings (SSSR count). The van der Waals surface area contributed by atoms with Gasteiger partial charge < -0.3 is 0 Å². The van der Waals surface area contributed by atoms with Crippen LogP contribution in [0.1, 0.15) is 15.2 Å². The topological polar surface area (TPSA) is 34.1 Å². The molecule has 1 heterocycles. The highest BCUT2D eigenvalue weighted by atomic mass is 32.1. The van der Waals surface area contributed by atoms with E-state index >= 15 is 0 Å². The Hall–Kier alpha value is -2.18. The number of rotatable bonds is 2. The average molecular weight is 240 g/mol. The molecule has 0 aliphatic rings. The van der Waals surface area contributed by atoms with Crippen LogP contribution in [0.3, 0.4) is 0 Å². The lowest BCUT2D eigenvalue weighted by Gasteiger charge is -1.88. The molecule has 0 radical (unpaired) electrons. The normalized spacial score (nSPS) is 9.18. The summed E-state index contributed by atoms with van der Waals surface area (Å²) in [5.74, 6) is 3.82. The van der Waals surface area contributed by atoms with Crippen LogP contribution in [0.5, 0.6) is 0 Å². The van der Waals surface area contributed by atoms with Crippen molar-refractivity contribution in [3.05, 3.63) is 58.3 Å². The van der Waals surface area contributed by atoms with Crippen molar-refractivity contribution in [2.75, 3.05) is 0 Å². The summed E-state index contributed by atoms with van der Waals surface area (Å²) >= 11 is 1.24. The van der Waals surface area contributed by atoms with Gasteiger partial charge in [0.1, 0.15) is 0 Å². The number of carbonyl (C=O) groups excluding carboxylic acids is 2. The fourth-order valence-corrected chi connectivity index (χ4v) is 1.89. The smallest absolute Gasteiger partial charge is 0.277 e. The summed E-state index contributed by atoms with van der Waals surface area (Å²) in [7, 11) is 0. The molecule has 2 nitrogen and oxygen atoms in total. The van der Waals surface area contributed by atoms with Crippen molar-refractivity contribution in [1.29, 1.82) is 0 Å². The zero-order valence-electron chi connectivity index (χ0n) is 8.84. The number of hydrogen-bond acceptors (Lipinski definition) is 3. The Bertz CT molecular complexity index is 586. The molecule has 0 bridgehead atoms. The van der Waals surface area contributed by atoms with Gasteiger partial charge in [0.2, 0.25) is 0 Å². The highest BCUT2D eigenvalue weighted by molar-refractivity contribution is 7.13. The number of ketones is 2. The molecule has 0 saturated heterocycles. The van der Waals surface area contributed by atoms with Gasteiger partial charge in [-0.1, -0.05) is 30.2 Å². The maximum atomic E-state index is 11.6. The van der Waals surface area contributed by atoms with Gasteiger partial charge in [0.05, 0.1) is 4.88 Å². The van der Waals surface area contributed by atoms with E-state index in [1.54, 1.807) is 29.6 Å². The molecule has 0 saturated carbocycles. The molecule has 0 atom stereocenters. The van der Waals surface area contributed by atoms with Crippen LogP contribution in [0.4, 0.5) is 0 Å². The lowest BCUT2D eigenvalue weighted by Crippen LogP contribution is -2.09. The molecule has 2 aromatic rings. The van der Waals surface area contributed by atoms with Crippen LogP contribution in [0.25, 0.3) is 0 Å². The van der Waals surface area contributed by atoms with Crippen LogP contribution >= 0.6 is 11.3 Å². The van der Waals surface area contributed by atoms with Crippen molar-refractivity contribution in [2.24, 2.45) is 0 Å². The number of thiophene rings is 1. The van der Waals surface area contributed by atoms with E-state index < -0.39 is 11.6 Å². The molecule has 1 aromatic carbocycles. The molecule has 0 unspecified atom stereocenters. The standard InChI is InChI=1S/C14H8O2S/c15-12(14(16)13-7-4-10-17-13)9-8-11-5-2-1-3-6-11/h1-7,10H. The molecule has 0 fully saturated rings. The number of Topliss-reactive ketones (excluding diaryl/α,β-unsaturated/α-hetero) is 2. The first-order chi connectivity index (χ1) is 8.27. The number of carbonyl (C=O) groups is 2. The van der Waals surface area contributed by atoms with Gasteiger partial charge in [-0.25, -0.2) is 0 Å². The van der Waals surface area contributed by atoms with Crippen LogP contribution in [0, 0.1) is 11.8 Å². The van der Waals surface area contributed by atoms with E-state index in [-0.39, 0.29) is 0 Å². The van der Waals surface area contributed by atoms with E-state index in [9.17, 15) is 9.59 Å². The predicted octanol–water partition coefficient (Wildman–Crippen LogP) is 2.55. The molecule has 0 N–H and O–H groups in total. The molecule has 0 aliphatic carbocycles. The minimum absolute atomic E-state index is 0.428. The second-order valence-corrected chi connectivity index (χ2v) is 4.20. The first-order valence-electron chi connectivity index (χ1n) is 4.96. The Morgan fingerprint density at radius 1 is 1.00 bits per heavy atom. The summed E-state index contributed by atoms with van der Waals surface area (Å²) < 4.78 is 0. The van der Waals surface area contributed by atoms with Gasteiger partial charge in [-0.15, -0.1) is 11.3 Å². The number of benzene rings is 1. The van der Waals surface area contributed by atoms with Crippen LogP contribution in [-0.4, -0.2) is 11.6 Å². The van der Waals surface area contributed by atoms with Gasteiger partial charge in [0.25, 0.3) is 11.6 Å². The van der Waals surface area contributed by atoms with E-state index in [0.717, 1.165) is 5.56 Å². The summed E-state index contributed by atoms with van der Waals surface area (Å²) in [6.45, 7) is 0. The lowest BCUT2D eigenvalue weighted by molar-refractivity contribution is -0.110. The quantitative estimate of drug-likeness (QED) is 0.459. The van der Waals surface area contributed by atoms with Gasteiger partial charge in [0, 0.05) is 5.56 Å². The van der Waals surface area contributed by atoms with Gasteiger partial charge in [-0.05, 0) is 29.5 Å². The van der Waals surface area contributed by atoms with Gasteiger partial charge >= 0.3 is 0 Å². The fourth-order valence-electron chi connectivity index (χ4n) is 1.23. The van der Waals surface area contributed by atoms with Crippen LogP contribution in [0.15, 0.2) is 47.8 Å². The molecule has 0 aliphatic heterocycles. The Kier molecular flexibility index (Phi) is 3.49. The number of hydrogen-bond donors (Lipinski definition) is 0. The first kappa shape index (κ1) is 11.3. The van der Waals surface area contributed by atoms with Crippen LogP contribution < -0.4 is 0 Å². The monoisotopic (exact) mass is 240 g/mol. The summed E-state index contributed by atoms with van der Waals surface area (Å²) in [5, 5.41) is 1.76. The molecule has 0 spiro atoms. The minimum atomic E-state index is -0.670. The Balaban J connectivity index is 2.13. The van der Waals surface area contributed by atoms with Gasteiger partial charge in [-0.2, -0.15) is 0 Å². The molecular formula is C14H8O2S. The molecule has 0 amide bonds. The van der Waals surface area contributed by atoms with E-state index in [1.807, 2.05) is 18.2 Å². The van der Waals surface area contributed by atoms with Crippen molar-refractivity contribution < 1.29 is 9.59 Å². The summed E-state index contributed by atoms with van der Waals surface area (Å²) in [4.78, 5) is 23.5. The minimum Gasteiger partial charge on any atom is -0.283 e. The van der Waals surface area contributed by atoms with E-state index in [1.165, 1.54) is 11.3 Å². The van der Waals surface area contributed by atoms with Crippen molar-refractivity contribution in [3.8, 4) is 11.8 Å². The largest absolute Gasteiger partial charge is 0.283 e. The maximum absolute atomic E-state index is 11.6. The van der Waals surface area contributed by atoms with E-state index in [2.05, 4.69) is 11.8 Å². The maximum Gasteiger partial charge on any atom is 0.277 e. The molecular weight excluding hydrogens is 232 g/mol. The first-order valence-corrected chi connectivity index (χ1v) is 5.84. The van der Waals surface area contributed by atoms with Crippen LogP contribution in [0.2, 0.25) is 0 Å². The third kappa shape index (κ3) is 2.90. The Morgan fingerprint density at radius 3 is 2.41 bits per heavy atom. The van der Waals surface area contributed by atoms with Crippen molar-refractivity contribution in [3.63, 3.8) is 0 Å². The highest BCUT2D eigenvalue weighted by Gasteiger charge is 2.14. The highest BCUT2D eigenvalue weighted by Crippen LogP contribution is 2.09. The van der Waals surface area contributed by atoms with Gasteiger partial charge in [0.15, 0.2) is 0 Å². The second-order valence-electron chi connectivity index (χ2n) is 3.25. The molecule has 82 valence electrons. The molecule has 3 heteroatoms. The summed E-state index contributed by atoms with van der Waals surface area (Å²) in [6, 6.07) is 12.5. The fraction of sp³-hybridized carbons (Fsp3) is 0. The lowest BCUT2D eigenvalue weighted by atomic mass is 10.2. The van der Waals surface area contributed by atoms with E-state index in [4.69, 9.17) is 0 Å². The summed E-state index contributed by atoms with van der Waals surface area (Å²) in [5.41, 5.74) is 0.722. The Labute approximate surface area is 103 Å². The van der Waals surface area contributed by atoms with Crippen molar-refractivity contribution >= 4 is 22.9 Å². The summed E-state index contributed by atoms with van der Waals surface area (Å²) in [6.07, 6.45) is 0. The SMILES string of the molecule is O=C(C#Cc1ccccc1)C(=O)c1cccs1. The second kappa shape index (κ2) is 5.24. The molecule has 17 heavy (non-hydrogen) atoms. The zero-order chi connectivity index (χ0) is 12.1. The van der Waals surface area contributed by atoms with Crippen LogP contribution in [-0.2, 0) is 4.79 Å². The van der Waals surface area contributed by atoms with Crippen molar-refractivity contribution in [1.82, 2.24) is 0 Å². The zero-order valence-corrected chi connectivity index (χ0v) is 9.66. The van der Waals surface area contributed by atoms with Crippen molar-refractivity contribution in [2.45, 2.75) is 0 Å². The average Bonchev–Trinajstić information content (AvgIpc) is 2.90. The predicted molar refractivity (Wildman–Crippen MR) is 67.0 cm³/mol. The van der Waals surface area contributed by atoms with E-state index in [0.29, 0.717) is 4.88 Å². The molecule has 1 aromatic heterocycles. The third-order valence-electron chi connectivity index (χ3n) is 2.05. The third-order valence-corrected chi connectivity index (χ3v) is 2.91. The Morgan fingerprint density at radius 2 is 1.76 bits per heavy atom. The van der Waals surface area contributed by atoms with Gasteiger partial charge in [-0.3, -0.25) is 9.59 Å².